The van der Waals surface area contributed by atoms with Crippen LogP contribution in [0.4, 0.5) is 17.6 Å². The number of aliphatic hydroxyl groups excluding tert-OH is 1. The van der Waals surface area contributed by atoms with Gasteiger partial charge in [0.05, 0.1) is 30.1 Å². The average molecular weight is 482 g/mol. The average Bonchev–Trinajstić information content (AvgIpc) is 2.75. The molecule has 34 heavy (non-hydrogen) atoms. The molecule has 1 atom stereocenters. The largest absolute Gasteiger partial charge is 0.512 e. The van der Waals surface area contributed by atoms with Crippen LogP contribution in [0.2, 0.25) is 0 Å². The number of ether oxygens (including phenoxy) is 2. The van der Waals surface area contributed by atoms with Gasteiger partial charge < -0.3 is 20.3 Å². The molecule has 0 aliphatic carbocycles. The third-order valence-electron chi connectivity index (χ3n) is 4.82. The summed E-state index contributed by atoms with van der Waals surface area (Å²) in [6.45, 7) is 3.83. The topological polar surface area (TPSA) is 94.7 Å². The Kier molecular flexibility index (Phi) is 9.19. The van der Waals surface area contributed by atoms with Gasteiger partial charge in [-0.05, 0) is 39.0 Å². The van der Waals surface area contributed by atoms with Crippen molar-refractivity contribution in [2.75, 3.05) is 6.61 Å². The van der Waals surface area contributed by atoms with Gasteiger partial charge in [-0.25, -0.2) is 4.39 Å². The van der Waals surface area contributed by atoms with Crippen LogP contribution in [0.25, 0.3) is 5.57 Å². The van der Waals surface area contributed by atoms with Crippen LogP contribution < -0.4 is 10.5 Å². The molecular formula is C24H26F4N2O4. The Balaban J connectivity index is 2.49. The molecule has 1 aromatic heterocycles. The van der Waals surface area contributed by atoms with E-state index in [0.29, 0.717) is 11.6 Å². The molecule has 2 rings (SSSR count). The first-order valence-corrected chi connectivity index (χ1v) is 10.4. The maximum atomic E-state index is 14.7. The molecule has 0 aliphatic rings. The Labute approximate surface area is 194 Å². The number of rotatable bonds is 9. The fraction of sp³-hybridized carbons (Fsp3) is 0.333. The Bertz CT molecular complexity index is 1080. The number of allylic oxidation sites excluding steroid dienone is 3. The lowest BCUT2D eigenvalue weighted by atomic mass is 9.98. The maximum Gasteiger partial charge on any atom is 0.416 e. The molecule has 3 N–H and O–H groups in total. The van der Waals surface area contributed by atoms with Crippen molar-refractivity contribution in [3.8, 4) is 5.75 Å². The van der Waals surface area contributed by atoms with Gasteiger partial charge in [0.25, 0.3) is 0 Å². The van der Waals surface area contributed by atoms with Gasteiger partial charge in [-0.3, -0.25) is 9.78 Å². The van der Waals surface area contributed by atoms with Crippen molar-refractivity contribution in [3.05, 3.63) is 76.6 Å². The zero-order chi connectivity index (χ0) is 25.5. The van der Waals surface area contributed by atoms with Gasteiger partial charge in [0, 0.05) is 29.4 Å². The minimum Gasteiger partial charge on any atom is -0.512 e. The maximum absolute atomic E-state index is 14.7. The molecular weight excluding hydrogens is 456 g/mol. The summed E-state index contributed by atoms with van der Waals surface area (Å²) in [5, 5.41) is 10.1. The highest BCUT2D eigenvalue weighted by Crippen LogP contribution is 2.35. The molecule has 6 nitrogen and oxygen atoms in total. The van der Waals surface area contributed by atoms with Gasteiger partial charge in [0.2, 0.25) is 0 Å². The number of carbonyl (C=O) groups is 1. The summed E-state index contributed by atoms with van der Waals surface area (Å²) >= 11 is 0. The number of para-hydroxylation sites is 1. The van der Waals surface area contributed by atoms with Gasteiger partial charge in [0.1, 0.15) is 11.9 Å². The summed E-state index contributed by atoms with van der Waals surface area (Å²) in [7, 11) is 0. The molecule has 0 spiro atoms. The first-order valence-electron chi connectivity index (χ1n) is 10.4. The Morgan fingerprint density at radius 2 is 1.94 bits per heavy atom. The fourth-order valence-corrected chi connectivity index (χ4v) is 3.19. The molecule has 0 aliphatic heterocycles. The Hall–Kier alpha value is -3.40. The number of hydrogen-bond donors (Lipinski definition) is 2. The second-order valence-electron chi connectivity index (χ2n) is 7.27. The number of esters is 1. The standard InChI is InChI=1S/C24H26F4N2O4/c1-4-33-22(32)11-16-7-5-6-8-21(16)34-15(3)19(24(26,27)28)12-18(14(2)31)17-9-10-30-20(13-29)23(17)25/h5-10,12,15,31H,4,11,13,29H2,1-3H3/b18-14-,19-12-/t15-/m1/s1. The molecule has 0 radical (unpaired) electrons. The second kappa shape index (κ2) is 11.6. The number of carbonyl (C=O) groups excluding carboxylic acids is 1. The fourth-order valence-electron chi connectivity index (χ4n) is 3.19. The third kappa shape index (κ3) is 6.80. The number of pyridine rings is 1. The minimum atomic E-state index is -4.88. The molecule has 0 bridgehead atoms. The van der Waals surface area contributed by atoms with Crippen molar-refractivity contribution < 1.29 is 36.9 Å². The molecule has 1 heterocycles. The van der Waals surface area contributed by atoms with Gasteiger partial charge in [0.15, 0.2) is 5.82 Å². The van der Waals surface area contributed by atoms with E-state index in [1.54, 1.807) is 25.1 Å². The number of hydrogen-bond acceptors (Lipinski definition) is 6. The zero-order valence-electron chi connectivity index (χ0n) is 18.9. The highest BCUT2D eigenvalue weighted by molar-refractivity contribution is 5.77. The Morgan fingerprint density at radius 3 is 2.53 bits per heavy atom. The normalized spacial score (nSPS) is 13.8. The summed E-state index contributed by atoms with van der Waals surface area (Å²) in [5.41, 5.74) is 3.77. The minimum absolute atomic E-state index is 0.0602. The summed E-state index contributed by atoms with van der Waals surface area (Å²) in [5.74, 6) is -1.96. The van der Waals surface area contributed by atoms with Crippen molar-refractivity contribution in [2.45, 2.75) is 46.0 Å². The summed E-state index contributed by atoms with van der Waals surface area (Å²) in [6, 6.07) is 7.29. The summed E-state index contributed by atoms with van der Waals surface area (Å²) < 4.78 is 67.3. The monoisotopic (exact) mass is 482 g/mol. The summed E-state index contributed by atoms with van der Waals surface area (Å²) in [6.07, 6.45) is -4.82. The van der Waals surface area contributed by atoms with Crippen molar-refractivity contribution in [2.24, 2.45) is 5.73 Å². The smallest absolute Gasteiger partial charge is 0.416 e. The van der Waals surface area contributed by atoms with Gasteiger partial charge >= 0.3 is 12.1 Å². The number of aliphatic hydroxyl groups is 1. The lowest BCUT2D eigenvalue weighted by Crippen LogP contribution is -2.27. The third-order valence-corrected chi connectivity index (χ3v) is 4.82. The zero-order valence-corrected chi connectivity index (χ0v) is 18.9. The van der Waals surface area contributed by atoms with Crippen LogP contribution in [0.5, 0.6) is 5.75 Å². The van der Waals surface area contributed by atoms with E-state index in [4.69, 9.17) is 15.2 Å². The number of nitrogens with two attached hydrogens (primary N) is 1. The number of alkyl halides is 3. The van der Waals surface area contributed by atoms with Crippen molar-refractivity contribution in [1.82, 2.24) is 4.98 Å². The molecule has 10 heteroatoms. The van der Waals surface area contributed by atoms with E-state index in [1.165, 1.54) is 19.2 Å². The lowest BCUT2D eigenvalue weighted by molar-refractivity contribution is -0.142. The van der Waals surface area contributed by atoms with E-state index in [9.17, 15) is 27.5 Å². The molecule has 184 valence electrons. The van der Waals surface area contributed by atoms with Crippen LogP contribution in [0.15, 0.2) is 53.9 Å². The van der Waals surface area contributed by atoms with E-state index in [-0.39, 0.29) is 36.6 Å². The van der Waals surface area contributed by atoms with Crippen LogP contribution in [-0.2, 0) is 22.5 Å². The van der Waals surface area contributed by atoms with E-state index < -0.39 is 41.0 Å². The highest BCUT2D eigenvalue weighted by atomic mass is 19.4. The van der Waals surface area contributed by atoms with Crippen LogP contribution in [0.1, 0.15) is 37.6 Å². The van der Waals surface area contributed by atoms with E-state index in [2.05, 4.69) is 4.98 Å². The molecule has 0 amide bonds. The van der Waals surface area contributed by atoms with Crippen molar-refractivity contribution >= 4 is 11.5 Å². The van der Waals surface area contributed by atoms with Gasteiger partial charge in [-0.1, -0.05) is 18.2 Å². The molecule has 0 fully saturated rings. The first kappa shape index (κ1) is 26.8. The first-order chi connectivity index (χ1) is 16.0. The van der Waals surface area contributed by atoms with E-state index in [0.717, 1.165) is 13.0 Å². The number of benzene rings is 1. The van der Waals surface area contributed by atoms with Crippen LogP contribution in [-0.4, -0.2) is 34.9 Å². The van der Waals surface area contributed by atoms with Crippen LogP contribution in [0.3, 0.4) is 0 Å². The number of nitrogens with zero attached hydrogens (tertiary/aromatic N) is 1. The molecule has 0 saturated heterocycles. The quantitative estimate of drug-likeness (QED) is 0.225. The SMILES string of the molecule is CCOC(=O)Cc1ccccc1O[C@H](C)/C(=C/C(=C(\C)O)c1ccnc(CN)c1F)C(F)(F)F. The van der Waals surface area contributed by atoms with E-state index in [1.807, 2.05) is 0 Å². The molecule has 1 aromatic carbocycles. The predicted octanol–water partition coefficient (Wildman–Crippen LogP) is 5.03. The predicted molar refractivity (Wildman–Crippen MR) is 118 cm³/mol. The van der Waals surface area contributed by atoms with Crippen molar-refractivity contribution in [1.29, 1.82) is 0 Å². The molecule has 0 unspecified atom stereocenters. The van der Waals surface area contributed by atoms with Crippen LogP contribution in [0, 0.1) is 5.82 Å². The Morgan fingerprint density at radius 1 is 1.26 bits per heavy atom. The lowest BCUT2D eigenvalue weighted by Gasteiger charge is -2.23. The van der Waals surface area contributed by atoms with Crippen molar-refractivity contribution in [3.63, 3.8) is 0 Å². The number of halogens is 4. The highest BCUT2D eigenvalue weighted by Gasteiger charge is 2.39. The second-order valence-corrected chi connectivity index (χ2v) is 7.27. The molecule has 2 aromatic rings. The molecule has 0 saturated carbocycles. The van der Waals surface area contributed by atoms with Gasteiger partial charge in [-0.15, -0.1) is 0 Å². The summed E-state index contributed by atoms with van der Waals surface area (Å²) in [4.78, 5) is 15.6. The van der Waals surface area contributed by atoms with Crippen LogP contribution >= 0.6 is 0 Å². The number of aromatic nitrogens is 1. The van der Waals surface area contributed by atoms with Gasteiger partial charge in [-0.2, -0.15) is 13.2 Å². The van der Waals surface area contributed by atoms with E-state index >= 15 is 0 Å².